The number of ether oxygens (including phenoxy) is 1. The van der Waals surface area contributed by atoms with Crippen LogP contribution < -0.4 is 4.74 Å². The van der Waals surface area contributed by atoms with Gasteiger partial charge in [-0.05, 0) is 38.8 Å². The van der Waals surface area contributed by atoms with Crippen LogP contribution >= 0.6 is 23.2 Å². The molecule has 0 bridgehead atoms. The molecular formula is C16H21Cl2NO3. The molecule has 0 aromatic heterocycles. The van der Waals surface area contributed by atoms with E-state index < -0.39 is 12.2 Å². The van der Waals surface area contributed by atoms with Crippen molar-refractivity contribution in [3.63, 3.8) is 0 Å². The molecule has 2 rings (SSSR count). The molecule has 122 valence electrons. The Labute approximate surface area is 141 Å². The van der Waals surface area contributed by atoms with Crippen molar-refractivity contribution in [3.8, 4) is 5.75 Å². The molecule has 0 spiro atoms. The summed E-state index contributed by atoms with van der Waals surface area (Å²) in [6.07, 6.45) is 0.779. The number of rotatable bonds is 4. The molecule has 0 saturated carbocycles. The lowest BCUT2D eigenvalue weighted by atomic mass is 9.93. The Morgan fingerprint density at radius 2 is 2.14 bits per heavy atom. The average Bonchev–Trinajstić information content (AvgIpc) is 2.51. The fourth-order valence-corrected chi connectivity index (χ4v) is 3.01. The van der Waals surface area contributed by atoms with Gasteiger partial charge in [0.25, 0.3) is 5.91 Å². The molecule has 4 nitrogen and oxygen atoms in total. The second-order valence-electron chi connectivity index (χ2n) is 5.74. The van der Waals surface area contributed by atoms with Crippen molar-refractivity contribution in [2.75, 3.05) is 13.1 Å². The highest BCUT2D eigenvalue weighted by molar-refractivity contribution is 6.42. The molecular weight excluding hydrogens is 325 g/mol. The number of benzene rings is 1. The van der Waals surface area contributed by atoms with E-state index in [1.807, 2.05) is 0 Å². The van der Waals surface area contributed by atoms with Crippen LogP contribution in [0.4, 0.5) is 0 Å². The zero-order valence-corrected chi connectivity index (χ0v) is 14.3. The smallest absolute Gasteiger partial charge is 0.263 e. The molecule has 0 aliphatic carbocycles. The van der Waals surface area contributed by atoms with Crippen LogP contribution in [-0.4, -0.2) is 41.2 Å². The Morgan fingerprint density at radius 3 is 2.82 bits per heavy atom. The molecule has 6 heteroatoms. The standard InChI is InChI=1S/C16H21Cl2NO3/c1-10(20)12-5-4-8-19(9-12)16(21)11(2)22-14-7-3-6-13(17)15(14)18/h3,6-7,10-12,20H,4-5,8-9H2,1-2H3. The Morgan fingerprint density at radius 1 is 1.41 bits per heavy atom. The van der Waals surface area contributed by atoms with Crippen molar-refractivity contribution >= 4 is 29.1 Å². The molecule has 1 heterocycles. The lowest BCUT2D eigenvalue weighted by Gasteiger charge is -2.35. The fourth-order valence-electron chi connectivity index (χ4n) is 2.68. The molecule has 1 aliphatic rings. The summed E-state index contributed by atoms with van der Waals surface area (Å²) in [5.41, 5.74) is 0. The fraction of sp³-hybridized carbons (Fsp3) is 0.562. The number of hydrogen-bond donors (Lipinski definition) is 1. The van der Waals surface area contributed by atoms with E-state index in [1.54, 1.807) is 36.9 Å². The van der Waals surface area contributed by atoms with Crippen LogP contribution in [-0.2, 0) is 4.79 Å². The molecule has 1 aromatic rings. The number of piperidine rings is 1. The van der Waals surface area contributed by atoms with E-state index >= 15 is 0 Å². The second kappa shape index (κ2) is 7.53. The molecule has 1 amide bonds. The van der Waals surface area contributed by atoms with Gasteiger partial charge in [0, 0.05) is 19.0 Å². The first kappa shape index (κ1) is 17.4. The molecule has 1 aromatic carbocycles. The summed E-state index contributed by atoms with van der Waals surface area (Å²) in [4.78, 5) is 14.3. The van der Waals surface area contributed by atoms with Crippen molar-refractivity contribution in [2.24, 2.45) is 5.92 Å². The Bertz CT molecular complexity index is 536. The first-order valence-corrected chi connectivity index (χ1v) is 8.23. The van der Waals surface area contributed by atoms with E-state index in [0.29, 0.717) is 28.9 Å². The van der Waals surface area contributed by atoms with Crippen molar-refractivity contribution in [1.29, 1.82) is 0 Å². The van der Waals surface area contributed by atoms with Crippen molar-refractivity contribution in [2.45, 2.75) is 38.9 Å². The summed E-state index contributed by atoms with van der Waals surface area (Å²) in [6, 6.07) is 5.08. The van der Waals surface area contributed by atoms with Crippen LogP contribution in [0, 0.1) is 5.92 Å². The summed E-state index contributed by atoms with van der Waals surface area (Å²) in [7, 11) is 0. The molecule has 1 fully saturated rings. The van der Waals surface area contributed by atoms with Gasteiger partial charge in [0.2, 0.25) is 0 Å². The van der Waals surface area contributed by atoms with E-state index in [1.165, 1.54) is 0 Å². The maximum Gasteiger partial charge on any atom is 0.263 e. The largest absolute Gasteiger partial charge is 0.479 e. The number of aliphatic hydroxyl groups excluding tert-OH is 1. The van der Waals surface area contributed by atoms with Crippen LogP contribution in [0.15, 0.2) is 18.2 Å². The normalized spacial score (nSPS) is 21.3. The minimum absolute atomic E-state index is 0.0959. The number of nitrogens with zero attached hydrogens (tertiary/aromatic N) is 1. The van der Waals surface area contributed by atoms with Gasteiger partial charge in [-0.25, -0.2) is 0 Å². The van der Waals surface area contributed by atoms with Crippen molar-refractivity contribution in [3.05, 3.63) is 28.2 Å². The van der Waals surface area contributed by atoms with Gasteiger partial charge < -0.3 is 14.7 Å². The molecule has 1 N–H and O–H groups in total. The number of amides is 1. The summed E-state index contributed by atoms with van der Waals surface area (Å²) in [6.45, 7) is 4.72. The predicted octanol–water partition coefficient (Wildman–Crippen LogP) is 3.38. The highest BCUT2D eigenvalue weighted by Crippen LogP contribution is 2.32. The Hall–Kier alpha value is -0.970. The number of likely N-dealkylation sites (tertiary alicyclic amines) is 1. The monoisotopic (exact) mass is 345 g/mol. The van der Waals surface area contributed by atoms with Crippen LogP contribution in [0.1, 0.15) is 26.7 Å². The van der Waals surface area contributed by atoms with E-state index in [-0.39, 0.29) is 11.8 Å². The third-order valence-corrected chi connectivity index (χ3v) is 4.82. The third kappa shape index (κ3) is 4.06. The van der Waals surface area contributed by atoms with Crippen LogP contribution in [0.25, 0.3) is 0 Å². The third-order valence-electron chi connectivity index (χ3n) is 4.02. The van der Waals surface area contributed by atoms with E-state index in [4.69, 9.17) is 27.9 Å². The summed E-state index contributed by atoms with van der Waals surface area (Å²) < 4.78 is 5.67. The topological polar surface area (TPSA) is 49.8 Å². The number of halogens is 2. The quantitative estimate of drug-likeness (QED) is 0.909. The van der Waals surface area contributed by atoms with Gasteiger partial charge in [0.1, 0.15) is 10.8 Å². The summed E-state index contributed by atoms with van der Waals surface area (Å²) >= 11 is 12.0. The maximum atomic E-state index is 12.5. The first-order chi connectivity index (χ1) is 10.4. The van der Waals surface area contributed by atoms with E-state index in [2.05, 4.69) is 0 Å². The predicted molar refractivity (Wildman–Crippen MR) is 87.5 cm³/mol. The molecule has 3 atom stereocenters. The van der Waals surface area contributed by atoms with Crippen LogP contribution in [0.2, 0.25) is 10.0 Å². The van der Waals surface area contributed by atoms with E-state index in [0.717, 1.165) is 12.8 Å². The van der Waals surface area contributed by atoms with Gasteiger partial charge in [-0.15, -0.1) is 0 Å². The Balaban J connectivity index is 2.01. The SMILES string of the molecule is CC(Oc1cccc(Cl)c1Cl)C(=O)N1CCCC(C(C)O)C1. The van der Waals surface area contributed by atoms with Crippen molar-refractivity contribution < 1.29 is 14.6 Å². The lowest BCUT2D eigenvalue weighted by molar-refractivity contribution is -0.140. The number of hydrogen-bond acceptors (Lipinski definition) is 3. The highest BCUT2D eigenvalue weighted by atomic mass is 35.5. The van der Waals surface area contributed by atoms with Gasteiger partial charge in [-0.1, -0.05) is 29.3 Å². The molecule has 1 saturated heterocycles. The van der Waals surface area contributed by atoms with Gasteiger partial charge >= 0.3 is 0 Å². The molecule has 0 radical (unpaired) electrons. The van der Waals surface area contributed by atoms with E-state index in [9.17, 15) is 9.90 Å². The highest BCUT2D eigenvalue weighted by Gasteiger charge is 2.30. The van der Waals surface area contributed by atoms with Gasteiger partial charge in [0.05, 0.1) is 11.1 Å². The maximum absolute atomic E-state index is 12.5. The van der Waals surface area contributed by atoms with Gasteiger partial charge in [-0.2, -0.15) is 0 Å². The minimum Gasteiger partial charge on any atom is -0.479 e. The molecule has 22 heavy (non-hydrogen) atoms. The second-order valence-corrected chi connectivity index (χ2v) is 6.52. The number of carbonyl (C=O) groups excluding carboxylic acids is 1. The first-order valence-electron chi connectivity index (χ1n) is 7.47. The van der Waals surface area contributed by atoms with Gasteiger partial charge in [0.15, 0.2) is 6.10 Å². The summed E-state index contributed by atoms with van der Waals surface area (Å²) in [5, 5.41) is 10.4. The minimum atomic E-state index is -0.649. The average molecular weight is 346 g/mol. The Kier molecular flexibility index (Phi) is 5.95. The zero-order valence-electron chi connectivity index (χ0n) is 12.8. The lowest BCUT2D eigenvalue weighted by Crippen LogP contribution is -2.47. The molecule has 1 aliphatic heterocycles. The van der Waals surface area contributed by atoms with Gasteiger partial charge in [-0.3, -0.25) is 4.79 Å². The zero-order chi connectivity index (χ0) is 16.3. The van der Waals surface area contributed by atoms with Crippen LogP contribution in [0.3, 0.4) is 0 Å². The number of aliphatic hydroxyl groups is 1. The summed E-state index contributed by atoms with van der Waals surface area (Å²) in [5.74, 6) is 0.431. The molecule has 3 unspecified atom stereocenters. The van der Waals surface area contributed by atoms with Crippen molar-refractivity contribution in [1.82, 2.24) is 4.90 Å². The number of carbonyl (C=O) groups is 1. The van der Waals surface area contributed by atoms with Crippen LogP contribution in [0.5, 0.6) is 5.75 Å².